The van der Waals surface area contributed by atoms with E-state index >= 15 is 0 Å². The fourth-order valence-electron chi connectivity index (χ4n) is 4.73. The second kappa shape index (κ2) is 11.0. The lowest BCUT2D eigenvalue weighted by molar-refractivity contribution is 0.00360. The standard InChI is InChI=1S/C29H29Br2NO2/c1-32(2)19-18-29(33,24-14-8-9-15-25(24)31)28(22-11-4-3-5-12-22)27-23-13-7-6-10-21(23)16-17-26(27)34-20-30/h3-17,28,33H,18-20H2,1-2H3. The van der Waals surface area contributed by atoms with Gasteiger partial charge in [-0.15, -0.1) is 0 Å². The molecule has 2 atom stereocenters. The molecule has 0 saturated heterocycles. The van der Waals surface area contributed by atoms with Gasteiger partial charge in [0.25, 0.3) is 0 Å². The smallest absolute Gasteiger partial charge is 0.143 e. The molecule has 176 valence electrons. The molecule has 0 spiro atoms. The minimum Gasteiger partial charge on any atom is -0.482 e. The molecule has 0 amide bonds. The molecule has 5 heteroatoms. The zero-order valence-electron chi connectivity index (χ0n) is 19.4. The molecule has 34 heavy (non-hydrogen) atoms. The summed E-state index contributed by atoms with van der Waals surface area (Å²) in [6.07, 6.45) is 0.541. The summed E-state index contributed by atoms with van der Waals surface area (Å²) in [7, 11) is 4.07. The molecular formula is C29H29Br2NO2. The Morgan fingerprint density at radius 3 is 2.26 bits per heavy atom. The van der Waals surface area contributed by atoms with Crippen LogP contribution in [0.4, 0.5) is 0 Å². The lowest BCUT2D eigenvalue weighted by Gasteiger charge is -2.40. The molecule has 0 aliphatic rings. The highest BCUT2D eigenvalue weighted by atomic mass is 79.9. The van der Waals surface area contributed by atoms with E-state index in [9.17, 15) is 5.11 Å². The normalized spacial score (nSPS) is 14.2. The maximum absolute atomic E-state index is 12.8. The average Bonchev–Trinajstić information content (AvgIpc) is 2.85. The van der Waals surface area contributed by atoms with Crippen LogP contribution in [0.15, 0.2) is 95.5 Å². The molecule has 0 bridgehead atoms. The number of rotatable bonds is 9. The fourth-order valence-corrected chi connectivity index (χ4v) is 5.60. The van der Waals surface area contributed by atoms with Gasteiger partial charge in [0.15, 0.2) is 0 Å². The van der Waals surface area contributed by atoms with E-state index in [1.165, 1.54) is 0 Å². The van der Waals surface area contributed by atoms with E-state index in [0.29, 0.717) is 11.9 Å². The Hall–Kier alpha value is -2.18. The number of fused-ring (bicyclic) bond motifs is 1. The molecule has 3 nitrogen and oxygen atoms in total. The van der Waals surface area contributed by atoms with Crippen molar-refractivity contribution >= 4 is 42.6 Å². The van der Waals surface area contributed by atoms with Crippen molar-refractivity contribution in [1.29, 1.82) is 0 Å². The van der Waals surface area contributed by atoms with Crippen molar-refractivity contribution < 1.29 is 9.84 Å². The van der Waals surface area contributed by atoms with Gasteiger partial charge in [-0.2, -0.15) is 0 Å². The molecular weight excluding hydrogens is 554 g/mol. The van der Waals surface area contributed by atoms with Crippen LogP contribution in [-0.2, 0) is 5.60 Å². The third-order valence-electron chi connectivity index (χ3n) is 6.32. The molecule has 2 unspecified atom stereocenters. The van der Waals surface area contributed by atoms with Crippen LogP contribution in [0.5, 0.6) is 5.75 Å². The number of alkyl halides is 1. The van der Waals surface area contributed by atoms with E-state index in [-0.39, 0.29) is 5.92 Å². The van der Waals surface area contributed by atoms with Crippen LogP contribution in [0, 0.1) is 0 Å². The van der Waals surface area contributed by atoms with Crippen LogP contribution in [0.25, 0.3) is 10.8 Å². The topological polar surface area (TPSA) is 32.7 Å². The third kappa shape index (κ3) is 5.08. The second-order valence-electron chi connectivity index (χ2n) is 8.75. The van der Waals surface area contributed by atoms with Crippen LogP contribution >= 0.6 is 31.9 Å². The third-order valence-corrected chi connectivity index (χ3v) is 7.24. The lowest BCUT2D eigenvalue weighted by atomic mass is 9.70. The molecule has 0 aliphatic heterocycles. The first-order chi connectivity index (χ1) is 16.5. The molecule has 4 rings (SSSR count). The summed E-state index contributed by atoms with van der Waals surface area (Å²) in [5, 5.41) is 15.0. The van der Waals surface area contributed by atoms with E-state index in [4.69, 9.17) is 4.74 Å². The summed E-state index contributed by atoms with van der Waals surface area (Å²) in [5.41, 5.74) is 2.05. The number of hydrogen-bond donors (Lipinski definition) is 1. The van der Waals surface area contributed by atoms with Crippen molar-refractivity contribution in [2.45, 2.75) is 17.9 Å². The molecule has 0 fully saturated rings. The van der Waals surface area contributed by atoms with Gasteiger partial charge in [-0.25, -0.2) is 0 Å². The number of halogens is 2. The van der Waals surface area contributed by atoms with E-state index < -0.39 is 5.60 Å². The first-order valence-corrected chi connectivity index (χ1v) is 13.2. The average molecular weight is 583 g/mol. The van der Waals surface area contributed by atoms with E-state index in [2.05, 4.69) is 67.1 Å². The zero-order chi connectivity index (χ0) is 24.1. The van der Waals surface area contributed by atoms with Gasteiger partial charge in [0.2, 0.25) is 0 Å². The predicted molar refractivity (Wildman–Crippen MR) is 148 cm³/mol. The highest BCUT2D eigenvalue weighted by molar-refractivity contribution is 9.10. The van der Waals surface area contributed by atoms with E-state index in [0.717, 1.165) is 44.2 Å². The van der Waals surface area contributed by atoms with Crippen molar-refractivity contribution in [3.63, 3.8) is 0 Å². The Morgan fingerprint density at radius 2 is 1.56 bits per heavy atom. The summed E-state index contributed by atoms with van der Waals surface area (Å²) in [4.78, 5) is 2.11. The van der Waals surface area contributed by atoms with Gasteiger partial charge in [-0.05, 0) is 70.5 Å². The maximum atomic E-state index is 12.8. The Morgan fingerprint density at radius 1 is 0.882 bits per heavy atom. The lowest BCUT2D eigenvalue weighted by Crippen LogP contribution is -2.38. The van der Waals surface area contributed by atoms with Crippen molar-refractivity contribution in [1.82, 2.24) is 4.90 Å². The molecule has 0 heterocycles. The maximum Gasteiger partial charge on any atom is 0.143 e. The number of aliphatic hydroxyl groups is 1. The fraction of sp³-hybridized carbons (Fsp3) is 0.241. The Balaban J connectivity index is 2.08. The van der Waals surface area contributed by atoms with Gasteiger partial charge < -0.3 is 14.7 Å². The zero-order valence-corrected chi connectivity index (χ0v) is 22.6. The number of benzene rings is 4. The molecule has 0 aromatic heterocycles. The molecule has 4 aromatic carbocycles. The van der Waals surface area contributed by atoms with Crippen LogP contribution in [-0.4, -0.2) is 36.2 Å². The molecule has 0 radical (unpaired) electrons. The largest absolute Gasteiger partial charge is 0.482 e. The van der Waals surface area contributed by atoms with Gasteiger partial charge in [-0.3, -0.25) is 0 Å². The summed E-state index contributed by atoms with van der Waals surface area (Å²) >= 11 is 7.19. The van der Waals surface area contributed by atoms with Crippen molar-refractivity contribution in [2.75, 3.05) is 26.2 Å². The highest BCUT2D eigenvalue weighted by Crippen LogP contribution is 2.50. The van der Waals surface area contributed by atoms with Crippen LogP contribution in [0.2, 0.25) is 0 Å². The Kier molecular flexibility index (Phi) is 8.10. The SMILES string of the molecule is CN(C)CCC(O)(c1ccccc1Br)C(c1ccccc1)c1c(OCBr)ccc2ccccc12. The quantitative estimate of drug-likeness (QED) is 0.210. The van der Waals surface area contributed by atoms with E-state index in [1.54, 1.807) is 0 Å². The van der Waals surface area contributed by atoms with Crippen molar-refractivity contribution in [3.8, 4) is 5.75 Å². The molecule has 1 N–H and O–H groups in total. The summed E-state index contributed by atoms with van der Waals surface area (Å²) in [6, 6.07) is 30.7. The Bertz CT molecular complexity index is 1250. The number of hydrogen-bond acceptors (Lipinski definition) is 3. The number of nitrogens with zero attached hydrogens (tertiary/aromatic N) is 1. The predicted octanol–water partition coefficient (Wildman–Crippen LogP) is 7.30. The summed E-state index contributed by atoms with van der Waals surface area (Å²) in [5.74, 6) is 0.396. The van der Waals surface area contributed by atoms with Gasteiger partial charge >= 0.3 is 0 Å². The summed E-state index contributed by atoms with van der Waals surface area (Å²) in [6.45, 7) is 0.723. The number of ether oxygens (including phenoxy) is 1. The minimum absolute atomic E-state index is 0.366. The first kappa shape index (κ1) is 24.9. The van der Waals surface area contributed by atoms with Crippen molar-refractivity contribution in [3.05, 3.63) is 112 Å². The molecule has 0 aliphatic carbocycles. The minimum atomic E-state index is -1.21. The van der Waals surface area contributed by atoms with Gasteiger partial charge in [0, 0.05) is 22.5 Å². The first-order valence-electron chi connectivity index (χ1n) is 11.3. The van der Waals surface area contributed by atoms with Crippen LogP contribution < -0.4 is 4.74 Å². The van der Waals surface area contributed by atoms with E-state index in [1.807, 2.05) is 74.8 Å². The summed E-state index contributed by atoms with van der Waals surface area (Å²) < 4.78 is 7.01. The monoisotopic (exact) mass is 581 g/mol. The van der Waals surface area contributed by atoms with Crippen molar-refractivity contribution in [2.24, 2.45) is 0 Å². The van der Waals surface area contributed by atoms with Gasteiger partial charge in [0.05, 0.1) is 0 Å². The van der Waals surface area contributed by atoms with Gasteiger partial charge in [0.1, 0.15) is 16.9 Å². The Labute approximate surface area is 218 Å². The highest BCUT2D eigenvalue weighted by Gasteiger charge is 2.43. The van der Waals surface area contributed by atoms with Gasteiger partial charge in [-0.1, -0.05) is 94.8 Å². The molecule has 0 saturated carbocycles. The second-order valence-corrected chi connectivity index (χ2v) is 10.1. The van der Waals surface area contributed by atoms with Crippen LogP contribution in [0.3, 0.4) is 0 Å². The van der Waals surface area contributed by atoms with Crippen LogP contribution in [0.1, 0.15) is 29.0 Å². The molecule has 4 aromatic rings.